The lowest BCUT2D eigenvalue weighted by Crippen LogP contribution is -2.25. The van der Waals surface area contributed by atoms with Crippen molar-refractivity contribution in [3.63, 3.8) is 0 Å². The number of likely N-dealkylation sites (N-methyl/N-ethyl adjacent to an activating group) is 1. The van der Waals surface area contributed by atoms with Gasteiger partial charge in [0.1, 0.15) is 23.9 Å². The van der Waals surface area contributed by atoms with Crippen molar-refractivity contribution in [3.05, 3.63) is 71.8 Å². The number of aryl methyl sites for hydroxylation is 1. The topological polar surface area (TPSA) is 137 Å². The predicted molar refractivity (Wildman–Crippen MR) is 141 cm³/mol. The first-order chi connectivity index (χ1) is 19.1. The minimum atomic E-state index is -2.82. The van der Waals surface area contributed by atoms with Gasteiger partial charge in [0, 0.05) is 24.4 Å². The number of ether oxygens (including phenoxy) is 2. The second-order valence-corrected chi connectivity index (χ2v) is 8.63. The third-order valence-electron chi connectivity index (χ3n) is 5.61. The Bertz CT molecular complexity index is 1500. The van der Waals surface area contributed by atoms with Crippen LogP contribution in [0.2, 0.25) is 0 Å². The number of carboxylic acids is 1. The maximum atomic E-state index is 13.6. The van der Waals surface area contributed by atoms with Crippen LogP contribution < -0.4 is 20.1 Å². The van der Waals surface area contributed by atoms with E-state index in [0.717, 1.165) is 0 Å². The third-order valence-corrected chi connectivity index (χ3v) is 5.61. The molecule has 0 atom stereocenters. The summed E-state index contributed by atoms with van der Waals surface area (Å²) in [6.45, 7) is 1.42. The van der Waals surface area contributed by atoms with Gasteiger partial charge in [0.25, 0.3) is 6.43 Å². The molecule has 0 saturated heterocycles. The first-order valence-electron chi connectivity index (χ1n) is 12.0. The Labute approximate surface area is 227 Å². The number of carbonyl (C=O) groups is 1. The van der Waals surface area contributed by atoms with Crippen LogP contribution in [0.5, 0.6) is 11.8 Å². The molecule has 4 aromatic rings. The monoisotopic (exact) mass is 554 g/mol. The van der Waals surface area contributed by atoms with E-state index in [-0.39, 0.29) is 35.6 Å². The Kier molecular flexibility index (Phi) is 8.62. The van der Waals surface area contributed by atoms with Crippen molar-refractivity contribution >= 4 is 17.7 Å². The molecule has 0 aliphatic rings. The van der Waals surface area contributed by atoms with E-state index in [9.17, 15) is 18.0 Å². The molecule has 0 aliphatic carbocycles. The Morgan fingerprint density at radius 1 is 1.02 bits per heavy atom. The minimum absolute atomic E-state index is 0.0394. The van der Waals surface area contributed by atoms with E-state index in [4.69, 9.17) is 20.3 Å². The maximum Gasteiger partial charge on any atom is 0.341 e. The quantitative estimate of drug-likeness (QED) is 0.272. The van der Waals surface area contributed by atoms with Gasteiger partial charge in [0.15, 0.2) is 6.61 Å². The van der Waals surface area contributed by atoms with Gasteiger partial charge in [0.05, 0.1) is 17.8 Å². The van der Waals surface area contributed by atoms with Crippen molar-refractivity contribution < 1.29 is 32.5 Å². The normalized spacial score (nSPS) is 10.9. The molecule has 0 bridgehead atoms. The zero-order valence-corrected chi connectivity index (χ0v) is 21.5. The molecule has 0 aliphatic heterocycles. The van der Waals surface area contributed by atoms with Crippen LogP contribution >= 0.6 is 0 Å². The zero-order valence-electron chi connectivity index (χ0n) is 21.5. The number of nitrogen functional groups attached to an aromatic ring is 1. The van der Waals surface area contributed by atoms with Gasteiger partial charge in [-0.15, -0.1) is 0 Å². The fraction of sp³-hybridized carbons (Fsp3) is 0.222. The van der Waals surface area contributed by atoms with Gasteiger partial charge in [-0.3, -0.25) is 4.98 Å². The number of aliphatic carboxylic acids is 1. The van der Waals surface area contributed by atoms with Crippen molar-refractivity contribution in [3.8, 4) is 34.1 Å². The number of hydrogen-bond acceptors (Lipinski definition) is 9. The van der Waals surface area contributed by atoms with Gasteiger partial charge >= 0.3 is 5.97 Å². The highest BCUT2D eigenvalue weighted by molar-refractivity contribution is 5.85. The van der Waals surface area contributed by atoms with Crippen LogP contribution in [0.15, 0.2) is 54.6 Å². The van der Waals surface area contributed by atoms with Crippen molar-refractivity contribution in [1.29, 1.82) is 0 Å². The minimum Gasteiger partial charge on any atom is -0.479 e. The Balaban J connectivity index is 1.66. The molecule has 0 spiro atoms. The van der Waals surface area contributed by atoms with Crippen LogP contribution in [0.4, 0.5) is 24.9 Å². The SMILES string of the molecule is Cc1cc(-c2c(OCCN(C)c3cccc(OCC(=O)O)n3)nc(N)nc2-c2ccc(F)cc2)cc(C(F)F)n1. The molecule has 3 aromatic heterocycles. The molecule has 40 heavy (non-hydrogen) atoms. The van der Waals surface area contributed by atoms with E-state index in [0.29, 0.717) is 29.2 Å². The lowest BCUT2D eigenvalue weighted by Gasteiger charge is -2.20. The van der Waals surface area contributed by atoms with Gasteiger partial charge in [-0.05, 0) is 55.0 Å². The molecule has 0 amide bonds. The smallest absolute Gasteiger partial charge is 0.341 e. The number of alkyl halides is 2. The number of benzene rings is 1. The van der Waals surface area contributed by atoms with E-state index in [1.807, 2.05) is 0 Å². The molecule has 0 saturated carbocycles. The predicted octanol–water partition coefficient (Wildman–Crippen LogP) is 4.55. The summed E-state index contributed by atoms with van der Waals surface area (Å²) in [7, 11) is 1.74. The largest absolute Gasteiger partial charge is 0.479 e. The van der Waals surface area contributed by atoms with Crippen LogP contribution in [-0.4, -0.2) is 57.8 Å². The van der Waals surface area contributed by atoms with E-state index in [1.165, 1.54) is 36.4 Å². The fourth-order valence-corrected chi connectivity index (χ4v) is 3.81. The van der Waals surface area contributed by atoms with Crippen molar-refractivity contribution in [2.24, 2.45) is 0 Å². The summed E-state index contributed by atoms with van der Waals surface area (Å²) < 4.78 is 52.0. The Morgan fingerprint density at radius 3 is 2.48 bits per heavy atom. The number of pyridine rings is 2. The van der Waals surface area contributed by atoms with Crippen LogP contribution in [-0.2, 0) is 4.79 Å². The highest BCUT2D eigenvalue weighted by Gasteiger charge is 2.22. The van der Waals surface area contributed by atoms with Gasteiger partial charge < -0.3 is 25.2 Å². The highest BCUT2D eigenvalue weighted by atomic mass is 19.3. The first-order valence-corrected chi connectivity index (χ1v) is 12.0. The average molecular weight is 555 g/mol. The van der Waals surface area contributed by atoms with Crippen LogP contribution in [0.1, 0.15) is 17.8 Å². The molecular weight excluding hydrogens is 529 g/mol. The molecular formula is C27H25F3N6O4. The standard InChI is InChI=1S/C27H25F3N6O4/c1-15-12-17(13-19(32-15)25(29)30)23-24(16-6-8-18(28)9-7-16)34-27(31)35-26(23)39-11-10-36(2)20-4-3-5-21(33-20)40-14-22(37)38/h3-9,12-13,25H,10-11,14H2,1-2H3,(H,37,38)(H2,31,34,35). The summed E-state index contributed by atoms with van der Waals surface area (Å²) in [6.07, 6.45) is -2.82. The molecule has 3 heterocycles. The number of aromatic nitrogens is 4. The van der Waals surface area contributed by atoms with E-state index in [1.54, 1.807) is 37.1 Å². The third kappa shape index (κ3) is 6.92. The summed E-state index contributed by atoms with van der Waals surface area (Å²) in [5.41, 5.74) is 7.26. The number of halogens is 3. The molecule has 208 valence electrons. The first kappa shape index (κ1) is 28.1. The van der Waals surface area contributed by atoms with Crippen molar-refractivity contribution in [2.45, 2.75) is 13.3 Å². The number of hydrogen-bond donors (Lipinski definition) is 2. The summed E-state index contributed by atoms with van der Waals surface area (Å²) in [6, 6.07) is 13.2. The van der Waals surface area contributed by atoms with Crippen LogP contribution in [0.3, 0.4) is 0 Å². The van der Waals surface area contributed by atoms with E-state index < -0.39 is 30.5 Å². The van der Waals surface area contributed by atoms with Gasteiger partial charge in [-0.1, -0.05) is 6.07 Å². The zero-order chi connectivity index (χ0) is 28.8. The Hall–Kier alpha value is -4.94. The molecule has 3 N–H and O–H groups in total. The number of anilines is 2. The lowest BCUT2D eigenvalue weighted by atomic mass is 9.99. The summed E-state index contributed by atoms with van der Waals surface area (Å²) in [5, 5.41) is 8.81. The molecule has 0 radical (unpaired) electrons. The van der Waals surface area contributed by atoms with E-state index >= 15 is 0 Å². The number of rotatable bonds is 11. The number of carboxylic acid groups (broad SMARTS) is 1. The van der Waals surface area contributed by atoms with Crippen molar-refractivity contribution in [2.75, 3.05) is 37.4 Å². The molecule has 4 rings (SSSR count). The summed E-state index contributed by atoms with van der Waals surface area (Å²) in [4.78, 5) is 29.2. The molecule has 1 aromatic carbocycles. The van der Waals surface area contributed by atoms with Crippen molar-refractivity contribution in [1.82, 2.24) is 19.9 Å². The molecule has 0 unspecified atom stereocenters. The van der Waals surface area contributed by atoms with Crippen LogP contribution in [0.25, 0.3) is 22.4 Å². The number of nitrogens with zero attached hydrogens (tertiary/aromatic N) is 5. The highest BCUT2D eigenvalue weighted by Crippen LogP contribution is 2.39. The van der Waals surface area contributed by atoms with Gasteiger partial charge in [0.2, 0.25) is 17.7 Å². The second kappa shape index (κ2) is 12.3. The summed E-state index contributed by atoms with van der Waals surface area (Å²) in [5.74, 6) is -1.04. The second-order valence-electron chi connectivity index (χ2n) is 8.63. The molecule has 10 nitrogen and oxygen atoms in total. The lowest BCUT2D eigenvalue weighted by molar-refractivity contribution is -0.139. The fourth-order valence-electron chi connectivity index (χ4n) is 3.81. The van der Waals surface area contributed by atoms with Crippen LogP contribution in [0, 0.1) is 12.7 Å². The van der Waals surface area contributed by atoms with E-state index in [2.05, 4.69) is 19.9 Å². The molecule has 13 heteroatoms. The molecule has 0 fully saturated rings. The average Bonchev–Trinajstić information content (AvgIpc) is 2.91. The van der Waals surface area contributed by atoms with Gasteiger partial charge in [-0.25, -0.2) is 22.9 Å². The number of nitrogens with two attached hydrogens (primary N) is 1. The summed E-state index contributed by atoms with van der Waals surface area (Å²) >= 11 is 0. The van der Waals surface area contributed by atoms with Gasteiger partial charge in [-0.2, -0.15) is 9.97 Å². The maximum absolute atomic E-state index is 13.6. The Morgan fingerprint density at radius 2 is 1.77 bits per heavy atom.